The van der Waals surface area contributed by atoms with Gasteiger partial charge in [0.2, 0.25) is 0 Å². The second-order valence-electron chi connectivity index (χ2n) is 3.60. The first-order valence-corrected chi connectivity index (χ1v) is 7.91. The van der Waals surface area contributed by atoms with Gasteiger partial charge >= 0.3 is 7.82 Å². The van der Waals surface area contributed by atoms with E-state index in [1.807, 2.05) is 30.3 Å². The van der Waals surface area contributed by atoms with Gasteiger partial charge < -0.3 is 40.1 Å². The summed E-state index contributed by atoms with van der Waals surface area (Å²) in [7, 11) is -4.64. The highest BCUT2D eigenvalue weighted by atomic mass is 31.2. The first kappa shape index (κ1) is 23.2. The molecule has 0 unspecified atom stereocenters. The Morgan fingerprint density at radius 3 is 1.73 bits per heavy atom. The molecule has 0 atom stereocenters. The molecule has 1 aromatic rings. The summed E-state index contributed by atoms with van der Waals surface area (Å²) < 4.78 is 14.0. The predicted octanol–water partition coefficient (Wildman–Crippen LogP) is -1.31. The molecule has 22 heavy (non-hydrogen) atoms. The van der Waals surface area contributed by atoms with Crippen molar-refractivity contribution in [2.24, 2.45) is 0 Å². The van der Waals surface area contributed by atoms with Crippen LogP contribution in [-0.4, -0.2) is 69.5 Å². The molecular weight excluding hydrogens is 317 g/mol. The molecule has 0 aliphatic heterocycles. The van der Waals surface area contributed by atoms with Crippen LogP contribution in [0.1, 0.15) is 0 Å². The van der Waals surface area contributed by atoms with Crippen molar-refractivity contribution < 1.29 is 39.3 Å². The number of phosphoric acid groups is 1. The van der Waals surface area contributed by atoms with E-state index in [9.17, 15) is 0 Å². The summed E-state index contributed by atoms with van der Waals surface area (Å²) in [5, 5.41) is 27.5. The summed E-state index contributed by atoms with van der Waals surface area (Å²) in [5.74, 6) is 0.802. The highest BCUT2D eigenvalue weighted by Crippen LogP contribution is 2.25. The summed E-state index contributed by atoms with van der Waals surface area (Å²) in [6.07, 6.45) is 0. The van der Waals surface area contributed by atoms with Gasteiger partial charge in [0.25, 0.3) is 0 Å². The van der Waals surface area contributed by atoms with Crippen molar-refractivity contribution in [3.63, 3.8) is 0 Å². The predicted molar refractivity (Wildman–Crippen MR) is 80.3 cm³/mol. The average Bonchev–Trinajstić information content (AvgIpc) is 2.46. The fourth-order valence-corrected chi connectivity index (χ4v) is 0.963. The Morgan fingerprint density at radius 1 is 0.909 bits per heavy atom. The van der Waals surface area contributed by atoms with E-state index in [1.54, 1.807) is 0 Å². The van der Waals surface area contributed by atoms with Crippen LogP contribution in [-0.2, 0) is 4.57 Å². The van der Waals surface area contributed by atoms with E-state index in [-0.39, 0.29) is 19.8 Å². The summed E-state index contributed by atoms with van der Waals surface area (Å²) in [5.41, 5.74) is 0. The zero-order valence-electron chi connectivity index (χ0n) is 12.1. The van der Waals surface area contributed by atoms with E-state index >= 15 is 0 Å². The van der Waals surface area contributed by atoms with Gasteiger partial charge in [-0.25, -0.2) is 4.57 Å². The second kappa shape index (κ2) is 16.3. The molecule has 1 aromatic carbocycles. The van der Waals surface area contributed by atoms with Crippen LogP contribution in [0.3, 0.4) is 0 Å². The Bertz CT molecular complexity index is 360. The molecule has 9 nitrogen and oxygen atoms in total. The Kier molecular flexibility index (Phi) is 17.3. The van der Waals surface area contributed by atoms with E-state index in [2.05, 4.69) is 5.32 Å². The van der Waals surface area contributed by atoms with Gasteiger partial charge in [-0.1, -0.05) is 18.2 Å². The molecule has 0 fully saturated rings. The quantitative estimate of drug-likeness (QED) is 0.236. The molecule has 0 saturated heterocycles. The van der Waals surface area contributed by atoms with Crippen molar-refractivity contribution >= 4 is 7.82 Å². The third-order valence-corrected chi connectivity index (χ3v) is 1.68. The Labute approximate surface area is 129 Å². The monoisotopic (exact) mass is 341 g/mol. The van der Waals surface area contributed by atoms with Gasteiger partial charge in [0.05, 0.1) is 19.8 Å². The minimum absolute atomic E-state index is 0.0644. The third-order valence-electron chi connectivity index (χ3n) is 1.68. The zero-order chi connectivity index (χ0) is 17.3. The number of hydrogen-bond donors (Lipinski definition) is 7. The van der Waals surface area contributed by atoms with Crippen LogP contribution in [0.15, 0.2) is 30.3 Å². The molecule has 0 saturated carbocycles. The Balaban J connectivity index is 0. The lowest BCUT2D eigenvalue weighted by Crippen LogP contribution is -2.21. The first-order chi connectivity index (χ1) is 10.3. The van der Waals surface area contributed by atoms with Gasteiger partial charge in [0.15, 0.2) is 0 Å². The molecule has 0 radical (unpaired) electrons. The maximum atomic E-state index is 8.88. The van der Waals surface area contributed by atoms with Crippen LogP contribution in [0.2, 0.25) is 0 Å². The van der Waals surface area contributed by atoms with Gasteiger partial charge in [0, 0.05) is 13.1 Å². The molecule has 0 heterocycles. The smallest absolute Gasteiger partial charge is 0.466 e. The van der Waals surface area contributed by atoms with Crippen LogP contribution in [0.25, 0.3) is 0 Å². The van der Waals surface area contributed by atoms with Crippen LogP contribution in [0, 0.1) is 0 Å². The summed E-state index contributed by atoms with van der Waals surface area (Å²) in [4.78, 5) is 21.6. The van der Waals surface area contributed by atoms with Crippen LogP contribution < -0.4 is 10.1 Å². The van der Waals surface area contributed by atoms with Gasteiger partial charge in [0.1, 0.15) is 12.4 Å². The minimum Gasteiger partial charge on any atom is -0.491 e. The van der Waals surface area contributed by atoms with Crippen LogP contribution >= 0.6 is 7.82 Å². The molecule has 0 aliphatic carbocycles. The van der Waals surface area contributed by atoms with Gasteiger partial charge in [-0.05, 0) is 12.1 Å². The normalized spacial score (nSPS) is 9.91. The van der Waals surface area contributed by atoms with Gasteiger partial charge in [-0.15, -0.1) is 0 Å². The van der Waals surface area contributed by atoms with Crippen molar-refractivity contribution in [3.8, 4) is 5.75 Å². The fourth-order valence-electron chi connectivity index (χ4n) is 0.963. The molecule has 10 heteroatoms. The van der Waals surface area contributed by atoms with Crippen LogP contribution in [0.5, 0.6) is 5.75 Å². The molecule has 0 bridgehead atoms. The molecule has 1 rings (SSSR count). The maximum absolute atomic E-state index is 8.88. The van der Waals surface area contributed by atoms with E-state index in [1.165, 1.54) is 0 Å². The fraction of sp³-hybridized carbons (Fsp3) is 0.500. The number of para-hydroxylation sites is 1. The van der Waals surface area contributed by atoms with Crippen molar-refractivity contribution in [1.82, 2.24) is 5.32 Å². The molecular formula is C12H24NO8P. The van der Waals surface area contributed by atoms with E-state index < -0.39 is 7.82 Å². The highest BCUT2D eigenvalue weighted by molar-refractivity contribution is 7.45. The lowest BCUT2D eigenvalue weighted by Gasteiger charge is -2.01. The number of benzene rings is 1. The minimum atomic E-state index is -4.64. The summed E-state index contributed by atoms with van der Waals surface area (Å²) in [6, 6.07) is 9.43. The number of aliphatic hydroxyl groups is 3. The summed E-state index contributed by atoms with van der Waals surface area (Å²) >= 11 is 0. The maximum Gasteiger partial charge on any atom is 0.466 e. The number of rotatable bonds is 7. The van der Waals surface area contributed by atoms with Gasteiger partial charge in [-0.3, -0.25) is 0 Å². The van der Waals surface area contributed by atoms with Gasteiger partial charge in [-0.2, -0.15) is 0 Å². The molecule has 0 aliphatic rings. The van der Waals surface area contributed by atoms with Crippen molar-refractivity contribution in [3.05, 3.63) is 30.3 Å². The molecule has 7 N–H and O–H groups in total. The standard InChI is InChI=1S/C8H10O2.C4H11NO2.H3O4P/c9-6-7-10-8-4-2-1-3-5-8;6-3-1-5-2-4-7;1-5(2,3)4/h1-5,9H,6-7H2;5-7H,1-4H2;(H3,1,2,3,4). The number of hydrogen-bond acceptors (Lipinski definition) is 6. The highest BCUT2D eigenvalue weighted by Gasteiger charge is 2.00. The lowest BCUT2D eigenvalue weighted by molar-refractivity contribution is 0.201. The van der Waals surface area contributed by atoms with Crippen molar-refractivity contribution in [1.29, 1.82) is 0 Å². The van der Waals surface area contributed by atoms with Crippen molar-refractivity contribution in [2.75, 3.05) is 39.5 Å². The van der Waals surface area contributed by atoms with Crippen molar-refractivity contribution in [2.45, 2.75) is 0 Å². The average molecular weight is 341 g/mol. The topological polar surface area (TPSA) is 160 Å². The molecule has 0 amide bonds. The number of ether oxygens (including phenoxy) is 1. The second-order valence-corrected chi connectivity index (χ2v) is 4.62. The molecule has 0 aromatic heterocycles. The Hall–Kier alpha value is -1.03. The van der Waals surface area contributed by atoms with Crippen LogP contribution in [0.4, 0.5) is 0 Å². The van der Waals surface area contributed by atoms with E-state index in [0.717, 1.165) is 5.75 Å². The lowest BCUT2D eigenvalue weighted by atomic mass is 10.3. The Morgan fingerprint density at radius 2 is 1.36 bits per heavy atom. The number of nitrogens with one attached hydrogen (secondary N) is 1. The van der Waals surface area contributed by atoms with E-state index in [0.29, 0.717) is 19.7 Å². The number of aliphatic hydroxyl groups excluding tert-OH is 3. The first-order valence-electron chi connectivity index (χ1n) is 6.34. The molecule has 0 spiro atoms. The zero-order valence-corrected chi connectivity index (χ0v) is 13.0. The SMILES string of the molecule is O=P(O)(O)O.OCCNCCO.OCCOc1ccccc1. The van der Waals surface area contributed by atoms with E-state index in [4.69, 9.17) is 39.3 Å². The molecule has 130 valence electrons. The third kappa shape index (κ3) is 27.3. The largest absolute Gasteiger partial charge is 0.491 e. The summed E-state index contributed by atoms with van der Waals surface area (Å²) in [6.45, 7) is 1.85.